The van der Waals surface area contributed by atoms with Crippen LogP contribution in [-0.2, 0) is 15.1 Å². The Hall–Kier alpha value is -1.69. The van der Waals surface area contributed by atoms with Crippen LogP contribution in [0.4, 0.5) is 0 Å². The molecular weight excluding hydrogens is 272 g/mol. The quantitative estimate of drug-likeness (QED) is 0.862. The Balaban J connectivity index is 1.83. The second-order valence-electron chi connectivity index (χ2n) is 5.99. The van der Waals surface area contributed by atoms with Gasteiger partial charge in [0.1, 0.15) is 5.60 Å². The first kappa shape index (κ1) is 14.3. The highest BCUT2D eigenvalue weighted by Crippen LogP contribution is 2.37. The molecule has 1 aliphatic carbocycles. The Morgan fingerprint density at radius 1 is 1.38 bits per heavy atom. The van der Waals surface area contributed by atoms with Crippen LogP contribution < -0.4 is 0 Å². The van der Waals surface area contributed by atoms with Crippen LogP contribution in [0.5, 0.6) is 0 Å². The van der Waals surface area contributed by atoms with Crippen LogP contribution >= 0.6 is 0 Å². The minimum absolute atomic E-state index is 0.249. The second-order valence-corrected chi connectivity index (χ2v) is 5.99. The van der Waals surface area contributed by atoms with Gasteiger partial charge < -0.3 is 14.4 Å². The molecule has 0 bridgehead atoms. The predicted molar refractivity (Wildman–Crippen MR) is 73.7 cm³/mol. The van der Waals surface area contributed by atoms with Crippen molar-refractivity contribution < 1.29 is 19.2 Å². The lowest BCUT2D eigenvalue weighted by atomic mass is 9.83. The molecule has 1 aromatic heterocycles. The maximum atomic E-state index is 11.4. The van der Waals surface area contributed by atoms with E-state index in [0.717, 1.165) is 19.3 Å². The summed E-state index contributed by atoms with van der Waals surface area (Å²) in [5, 5.41) is 13.4. The average molecular weight is 292 g/mol. The first-order chi connectivity index (χ1) is 10.1. The molecular formula is C15H20N2O4. The number of ether oxygens (including phenoxy) is 1. The van der Waals surface area contributed by atoms with Gasteiger partial charge in [-0.25, -0.2) is 0 Å². The number of nitrogens with zero attached hydrogens (tertiary/aromatic N) is 2. The number of allylic oxidation sites excluding steroid dienone is 2. The zero-order valence-electron chi connectivity index (χ0n) is 12.1. The van der Waals surface area contributed by atoms with E-state index in [9.17, 15) is 9.90 Å². The highest BCUT2D eigenvalue weighted by Gasteiger charge is 2.38. The minimum atomic E-state index is -0.816. The molecule has 2 heterocycles. The molecule has 1 aliphatic heterocycles. The number of hydrogen-bond acceptors (Lipinski definition) is 5. The van der Waals surface area contributed by atoms with Crippen LogP contribution in [0.15, 0.2) is 16.7 Å². The molecule has 0 aromatic carbocycles. The Labute approximate surface area is 123 Å². The van der Waals surface area contributed by atoms with E-state index in [2.05, 4.69) is 10.1 Å². The van der Waals surface area contributed by atoms with Gasteiger partial charge in [-0.15, -0.1) is 0 Å². The number of carboxylic acid groups (broad SMARTS) is 1. The van der Waals surface area contributed by atoms with E-state index < -0.39 is 17.5 Å². The van der Waals surface area contributed by atoms with E-state index in [1.807, 2.05) is 19.1 Å². The van der Waals surface area contributed by atoms with Crippen molar-refractivity contribution in [1.82, 2.24) is 10.1 Å². The summed E-state index contributed by atoms with van der Waals surface area (Å²) in [6.07, 6.45) is 7.99. The number of aliphatic carboxylic acids is 1. The maximum absolute atomic E-state index is 11.4. The second kappa shape index (κ2) is 5.60. The van der Waals surface area contributed by atoms with Crippen LogP contribution in [0, 0.1) is 5.92 Å². The molecule has 1 aromatic rings. The zero-order valence-corrected chi connectivity index (χ0v) is 12.1. The predicted octanol–water partition coefficient (Wildman–Crippen LogP) is 2.62. The van der Waals surface area contributed by atoms with Gasteiger partial charge in [0, 0.05) is 6.61 Å². The molecule has 0 saturated carbocycles. The van der Waals surface area contributed by atoms with Gasteiger partial charge in [0.15, 0.2) is 0 Å². The summed E-state index contributed by atoms with van der Waals surface area (Å²) in [6, 6.07) is 0. The lowest BCUT2D eigenvalue weighted by molar-refractivity contribution is -0.142. The number of carboxylic acids is 1. The van der Waals surface area contributed by atoms with Gasteiger partial charge in [-0.1, -0.05) is 17.3 Å². The molecule has 21 heavy (non-hydrogen) atoms. The largest absolute Gasteiger partial charge is 0.481 e. The molecule has 1 saturated heterocycles. The fraction of sp³-hybridized carbons (Fsp3) is 0.667. The molecule has 0 radical (unpaired) electrons. The van der Waals surface area contributed by atoms with Crippen molar-refractivity contribution in [3.8, 4) is 0 Å². The monoisotopic (exact) mass is 292 g/mol. The highest BCUT2D eigenvalue weighted by molar-refractivity contribution is 5.71. The van der Waals surface area contributed by atoms with Gasteiger partial charge in [0.2, 0.25) is 11.7 Å². The topological polar surface area (TPSA) is 85.5 Å². The van der Waals surface area contributed by atoms with Crippen molar-refractivity contribution in [2.24, 2.45) is 5.92 Å². The van der Waals surface area contributed by atoms with Gasteiger partial charge in [0.05, 0.1) is 11.8 Å². The van der Waals surface area contributed by atoms with Crippen molar-refractivity contribution in [3.63, 3.8) is 0 Å². The maximum Gasteiger partial charge on any atom is 0.307 e. The molecule has 3 rings (SSSR count). The summed E-state index contributed by atoms with van der Waals surface area (Å²) >= 11 is 0. The van der Waals surface area contributed by atoms with Crippen molar-refractivity contribution in [2.75, 3.05) is 6.61 Å². The van der Waals surface area contributed by atoms with E-state index in [4.69, 9.17) is 9.26 Å². The molecule has 3 unspecified atom stereocenters. The smallest absolute Gasteiger partial charge is 0.307 e. The standard InChI is InChI=1S/C15H20N2O4/c1-15(8-4-5-9-20-15)14-16-12(21-17-14)10-6-2-3-7-11(10)13(18)19/h2-3,10-11H,4-9H2,1H3,(H,18,19). The van der Waals surface area contributed by atoms with Crippen LogP contribution in [0.25, 0.3) is 0 Å². The van der Waals surface area contributed by atoms with Crippen molar-refractivity contribution in [1.29, 1.82) is 0 Å². The Kier molecular flexibility index (Phi) is 3.80. The van der Waals surface area contributed by atoms with Crippen LogP contribution in [-0.4, -0.2) is 27.8 Å². The van der Waals surface area contributed by atoms with E-state index in [1.165, 1.54) is 0 Å². The highest BCUT2D eigenvalue weighted by atomic mass is 16.5. The van der Waals surface area contributed by atoms with E-state index >= 15 is 0 Å². The first-order valence-corrected chi connectivity index (χ1v) is 7.46. The molecule has 114 valence electrons. The molecule has 1 N–H and O–H groups in total. The van der Waals surface area contributed by atoms with Gasteiger partial charge in [-0.3, -0.25) is 4.79 Å². The van der Waals surface area contributed by atoms with Gasteiger partial charge in [0.25, 0.3) is 0 Å². The molecule has 6 heteroatoms. The lowest BCUT2D eigenvalue weighted by Gasteiger charge is -2.30. The van der Waals surface area contributed by atoms with Crippen molar-refractivity contribution in [3.05, 3.63) is 23.9 Å². The number of carbonyl (C=O) groups is 1. The number of aromatic nitrogens is 2. The number of hydrogen-bond donors (Lipinski definition) is 1. The average Bonchev–Trinajstić information content (AvgIpc) is 2.98. The third kappa shape index (κ3) is 2.72. The summed E-state index contributed by atoms with van der Waals surface area (Å²) in [6.45, 7) is 2.67. The van der Waals surface area contributed by atoms with Gasteiger partial charge >= 0.3 is 5.97 Å². The van der Waals surface area contributed by atoms with Crippen LogP contribution in [0.3, 0.4) is 0 Å². The SMILES string of the molecule is CC1(c2noc(C3CC=CCC3C(=O)O)n2)CCCCO1. The number of rotatable bonds is 3. The molecule has 0 amide bonds. The molecule has 6 nitrogen and oxygen atoms in total. The van der Waals surface area contributed by atoms with Crippen LogP contribution in [0.1, 0.15) is 56.7 Å². The van der Waals surface area contributed by atoms with E-state index in [1.54, 1.807) is 0 Å². The Bertz CT molecular complexity index is 546. The zero-order chi connectivity index (χ0) is 14.9. The Morgan fingerprint density at radius 3 is 2.90 bits per heavy atom. The third-order valence-corrected chi connectivity index (χ3v) is 4.45. The minimum Gasteiger partial charge on any atom is -0.481 e. The summed E-state index contributed by atoms with van der Waals surface area (Å²) in [7, 11) is 0. The van der Waals surface area contributed by atoms with Crippen LogP contribution in [0.2, 0.25) is 0 Å². The van der Waals surface area contributed by atoms with Crippen molar-refractivity contribution in [2.45, 2.75) is 50.5 Å². The van der Waals surface area contributed by atoms with Crippen molar-refractivity contribution >= 4 is 5.97 Å². The van der Waals surface area contributed by atoms with E-state index in [0.29, 0.717) is 31.2 Å². The fourth-order valence-electron chi connectivity index (χ4n) is 3.07. The molecule has 0 spiro atoms. The normalized spacial score (nSPS) is 33.0. The Morgan fingerprint density at radius 2 is 2.19 bits per heavy atom. The van der Waals surface area contributed by atoms with Gasteiger partial charge in [-0.05, 0) is 39.0 Å². The van der Waals surface area contributed by atoms with Gasteiger partial charge in [-0.2, -0.15) is 4.98 Å². The first-order valence-electron chi connectivity index (χ1n) is 7.46. The lowest BCUT2D eigenvalue weighted by Crippen LogP contribution is -2.31. The van der Waals surface area contributed by atoms with E-state index in [-0.39, 0.29) is 5.92 Å². The summed E-state index contributed by atoms with van der Waals surface area (Å²) < 4.78 is 11.2. The fourth-order valence-corrected chi connectivity index (χ4v) is 3.07. The summed E-state index contributed by atoms with van der Waals surface area (Å²) in [4.78, 5) is 15.8. The molecule has 3 atom stereocenters. The third-order valence-electron chi connectivity index (χ3n) is 4.45. The molecule has 1 fully saturated rings. The summed E-state index contributed by atoms with van der Waals surface area (Å²) in [5.41, 5.74) is -0.511. The molecule has 2 aliphatic rings. The summed E-state index contributed by atoms with van der Waals surface area (Å²) in [5.74, 6) is -0.610.